The van der Waals surface area contributed by atoms with E-state index in [9.17, 15) is 4.39 Å². The van der Waals surface area contributed by atoms with Gasteiger partial charge >= 0.3 is 0 Å². The molecule has 4 heteroatoms. The number of nitrogens with one attached hydrogen (secondary N) is 1. The molecule has 2 rings (SSSR count). The van der Waals surface area contributed by atoms with Crippen LogP contribution in [0.15, 0.2) is 30.5 Å². The summed E-state index contributed by atoms with van der Waals surface area (Å²) in [6.45, 7) is 5.02. The molecule has 1 heterocycles. The van der Waals surface area contributed by atoms with Crippen molar-refractivity contribution >= 4 is 0 Å². The van der Waals surface area contributed by atoms with Crippen LogP contribution in [0.4, 0.5) is 4.39 Å². The fraction of sp³-hybridized carbons (Fsp3) is 0.471. The standard InChI is InChI=1S/C17H24FN3/c1-4-10-19-17(8-6-14-9-11-20-21(14)3)15-12-13(2)5-7-16(15)18/h5,7,9,11-12,17,19H,4,6,8,10H2,1-3H3. The van der Waals surface area contributed by atoms with E-state index in [1.54, 1.807) is 12.3 Å². The highest BCUT2D eigenvalue weighted by Crippen LogP contribution is 2.23. The smallest absolute Gasteiger partial charge is 0.127 e. The molecule has 0 saturated heterocycles. The van der Waals surface area contributed by atoms with Gasteiger partial charge in [-0.25, -0.2) is 4.39 Å². The number of nitrogens with zero attached hydrogens (tertiary/aromatic N) is 2. The second kappa shape index (κ2) is 7.36. The predicted octanol–water partition coefficient (Wildman–Crippen LogP) is 3.54. The van der Waals surface area contributed by atoms with Gasteiger partial charge in [0.1, 0.15) is 5.82 Å². The molecule has 1 aromatic heterocycles. The molecular formula is C17H24FN3. The highest BCUT2D eigenvalue weighted by atomic mass is 19.1. The van der Waals surface area contributed by atoms with Crippen molar-refractivity contribution in [3.63, 3.8) is 0 Å². The molecule has 0 radical (unpaired) electrons. The molecule has 0 aliphatic heterocycles. The third-order valence-corrected chi connectivity index (χ3v) is 3.78. The molecule has 1 atom stereocenters. The third-order valence-electron chi connectivity index (χ3n) is 3.78. The molecule has 0 aliphatic rings. The SMILES string of the molecule is CCCNC(CCc1ccnn1C)c1cc(C)ccc1F. The van der Waals surface area contributed by atoms with Gasteiger partial charge in [-0.05, 0) is 44.9 Å². The van der Waals surface area contributed by atoms with E-state index in [-0.39, 0.29) is 11.9 Å². The lowest BCUT2D eigenvalue weighted by molar-refractivity contribution is 0.468. The lowest BCUT2D eigenvalue weighted by Gasteiger charge is -2.20. The second-order valence-electron chi connectivity index (χ2n) is 5.52. The van der Waals surface area contributed by atoms with Crippen molar-refractivity contribution in [3.8, 4) is 0 Å². The van der Waals surface area contributed by atoms with Crippen molar-refractivity contribution in [2.75, 3.05) is 6.54 Å². The molecule has 0 amide bonds. The van der Waals surface area contributed by atoms with Gasteiger partial charge in [-0.2, -0.15) is 5.10 Å². The molecule has 21 heavy (non-hydrogen) atoms. The van der Waals surface area contributed by atoms with Crippen LogP contribution in [0.25, 0.3) is 0 Å². The minimum Gasteiger partial charge on any atom is -0.310 e. The average Bonchev–Trinajstić information content (AvgIpc) is 2.87. The minimum absolute atomic E-state index is 0.0414. The van der Waals surface area contributed by atoms with Crippen LogP contribution in [-0.2, 0) is 13.5 Å². The van der Waals surface area contributed by atoms with E-state index in [1.807, 2.05) is 36.9 Å². The first-order valence-corrected chi connectivity index (χ1v) is 7.58. The largest absolute Gasteiger partial charge is 0.310 e. The van der Waals surface area contributed by atoms with E-state index >= 15 is 0 Å². The molecule has 114 valence electrons. The van der Waals surface area contributed by atoms with Crippen molar-refractivity contribution in [2.45, 2.75) is 39.2 Å². The van der Waals surface area contributed by atoms with Gasteiger partial charge in [-0.3, -0.25) is 4.68 Å². The maximum Gasteiger partial charge on any atom is 0.127 e. The monoisotopic (exact) mass is 289 g/mol. The first-order chi connectivity index (χ1) is 10.1. The van der Waals surface area contributed by atoms with Crippen LogP contribution in [0.5, 0.6) is 0 Å². The van der Waals surface area contributed by atoms with E-state index < -0.39 is 0 Å². The molecule has 0 spiro atoms. The Hall–Kier alpha value is -1.68. The summed E-state index contributed by atoms with van der Waals surface area (Å²) < 4.78 is 16.0. The zero-order valence-electron chi connectivity index (χ0n) is 13.1. The molecule has 3 nitrogen and oxygen atoms in total. The van der Waals surface area contributed by atoms with E-state index in [1.165, 1.54) is 5.69 Å². The number of aromatic nitrogens is 2. The first kappa shape index (κ1) is 15.7. The highest BCUT2D eigenvalue weighted by molar-refractivity contribution is 5.27. The normalized spacial score (nSPS) is 12.6. The lowest BCUT2D eigenvalue weighted by atomic mass is 9.98. The van der Waals surface area contributed by atoms with Crippen molar-refractivity contribution in [1.82, 2.24) is 15.1 Å². The van der Waals surface area contributed by atoms with Crippen LogP contribution in [-0.4, -0.2) is 16.3 Å². The average molecular weight is 289 g/mol. The zero-order chi connectivity index (χ0) is 15.2. The summed E-state index contributed by atoms with van der Waals surface area (Å²) in [6.07, 6.45) is 4.58. The van der Waals surface area contributed by atoms with Gasteiger partial charge in [0, 0.05) is 30.5 Å². The Balaban J connectivity index is 2.13. The minimum atomic E-state index is -0.126. The lowest BCUT2D eigenvalue weighted by Crippen LogP contribution is -2.24. The quantitative estimate of drug-likeness (QED) is 0.845. The van der Waals surface area contributed by atoms with Crippen LogP contribution >= 0.6 is 0 Å². The highest BCUT2D eigenvalue weighted by Gasteiger charge is 2.16. The Labute approximate surface area is 126 Å². The number of halogens is 1. The number of hydrogen-bond donors (Lipinski definition) is 1. The van der Waals surface area contributed by atoms with Gasteiger partial charge in [0.05, 0.1) is 0 Å². The molecule has 0 bridgehead atoms. The van der Waals surface area contributed by atoms with Crippen LogP contribution in [0.1, 0.15) is 42.6 Å². The molecule has 1 N–H and O–H groups in total. The Kier molecular flexibility index (Phi) is 5.51. The van der Waals surface area contributed by atoms with Crippen molar-refractivity contribution < 1.29 is 4.39 Å². The fourth-order valence-electron chi connectivity index (χ4n) is 2.56. The maximum atomic E-state index is 14.1. The summed E-state index contributed by atoms with van der Waals surface area (Å²) in [5.74, 6) is -0.126. The van der Waals surface area contributed by atoms with Gasteiger partial charge in [-0.15, -0.1) is 0 Å². The molecule has 0 saturated carbocycles. The molecular weight excluding hydrogens is 265 g/mol. The molecule has 1 unspecified atom stereocenters. The Morgan fingerprint density at radius 1 is 1.33 bits per heavy atom. The van der Waals surface area contributed by atoms with E-state index in [2.05, 4.69) is 17.3 Å². The van der Waals surface area contributed by atoms with Crippen LogP contribution in [0.3, 0.4) is 0 Å². The summed E-state index contributed by atoms with van der Waals surface area (Å²) in [5.41, 5.74) is 3.03. The molecule has 2 aromatic rings. The van der Waals surface area contributed by atoms with Crippen molar-refractivity contribution in [1.29, 1.82) is 0 Å². The van der Waals surface area contributed by atoms with E-state index in [4.69, 9.17) is 0 Å². The van der Waals surface area contributed by atoms with Gasteiger partial charge in [0.2, 0.25) is 0 Å². The summed E-state index contributed by atoms with van der Waals surface area (Å²) >= 11 is 0. The van der Waals surface area contributed by atoms with Gasteiger partial charge in [0.25, 0.3) is 0 Å². The summed E-state index contributed by atoms with van der Waals surface area (Å²) in [6, 6.07) is 7.39. The van der Waals surface area contributed by atoms with E-state index in [0.29, 0.717) is 0 Å². The zero-order valence-corrected chi connectivity index (χ0v) is 13.1. The number of benzene rings is 1. The van der Waals surface area contributed by atoms with Crippen LogP contribution < -0.4 is 5.32 Å². The van der Waals surface area contributed by atoms with Crippen molar-refractivity contribution in [2.24, 2.45) is 7.05 Å². The van der Waals surface area contributed by atoms with Crippen LogP contribution in [0, 0.1) is 12.7 Å². The number of rotatable bonds is 7. The Morgan fingerprint density at radius 3 is 2.81 bits per heavy atom. The van der Waals surface area contributed by atoms with Crippen LogP contribution in [0.2, 0.25) is 0 Å². The summed E-state index contributed by atoms with van der Waals surface area (Å²) in [4.78, 5) is 0. The molecule has 0 fully saturated rings. The third kappa shape index (κ3) is 4.14. The molecule has 1 aromatic carbocycles. The van der Waals surface area contributed by atoms with Crippen molar-refractivity contribution in [3.05, 3.63) is 53.1 Å². The predicted molar refractivity (Wildman–Crippen MR) is 83.7 cm³/mol. The topological polar surface area (TPSA) is 29.9 Å². The Bertz CT molecular complexity index is 577. The van der Waals surface area contributed by atoms with Gasteiger partial charge in [-0.1, -0.05) is 24.6 Å². The number of hydrogen-bond acceptors (Lipinski definition) is 2. The van der Waals surface area contributed by atoms with Gasteiger partial charge in [0.15, 0.2) is 0 Å². The Morgan fingerprint density at radius 2 is 2.14 bits per heavy atom. The fourth-order valence-corrected chi connectivity index (χ4v) is 2.56. The second-order valence-corrected chi connectivity index (χ2v) is 5.52. The summed E-state index contributed by atoms with van der Waals surface area (Å²) in [5, 5.41) is 7.65. The van der Waals surface area contributed by atoms with E-state index in [0.717, 1.165) is 36.9 Å². The number of aryl methyl sites for hydroxylation is 3. The molecule has 0 aliphatic carbocycles. The summed E-state index contributed by atoms with van der Waals surface area (Å²) in [7, 11) is 1.94. The maximum absolute atomic E-state index is 14.1. The first-order valence-electron chi connectivity index (χ1n) is 7.58. The van der Waals surface area contributed by atoms with Gasteiger partial charge < -0.3 is 5.32 Å².